The Hall–Kier alpha value is -2.09. The number of ether oxygens (including phenoxy) is 1. The van der Waals surface area contributed by atoms with Crippen LogP contribution in [-0.4, -0.2) is 22.6 Å². The van der Waals surface area contributed by atoms with Crippen LogP contribution >= 0.6 is 0 Å². The monoisotopic (exact) mass is 333 g/mol. The number of hydrogen-bond acceptors (Lipinski definition) is 4. The summed E-state index contributed by atoms with van der Waals surface area (Å²) in [5.41, 5.74) is 3.69. The summed E-state index contributed by atoms with van der Waals surface area (Å²) < 4.78 is 43.1. The molecule has 0 bridgehead atoms. The van der Waals surface area contributed by atoms with Crippen LogP contribution in [0, 0.1) is 5.92 Å². The van der Waals surface area contributed by atoms with Gasteiger partial charge in [-0.3, -0.25) is 9.59 Å². The van der Waals surface area contributed by atoms with E-state index in [4.69, 9.17) is 10.5 Å². The van der Waals surface area contributed by atoms with Gasteiger partial charge < -0.3 is 15.6 Å². The summed E-state index contributed by atoms with van der Waals surface area (Å²) in [6.45, 7) is 4.62. The molecule has 1 rings (SSSR count). The molecule has 0 spiro atoms. The highest BCUT2D eigenvalue weighted by Crippen LogP contribution is 2.32. The van der Waals surface area contributed by atoms with Crippen LogP contribution < -0.4 is 5.73 Å². The molecule has 23 heavy (non-hydrogen) atoms. The number of hydrogen-bond donors (Lipinski definition) is 2. The molecule has 0 fully saturated rings. The SMILES string of the molecule is CC(C)(C)OC(=O)[C@@H](C(=O)O)C(N)c1cccc(C(F)(F)F)c1. The minimum atomic E-state index is -4.60. The Morgan fingerprint density at radius 1 is 1.22 bits per heavy atom. The van der Waals surface area contributed by atoms with E-state index in [0.717, 1.165) is 18.2 Å². The van der Waals surface area contributed by atoms with Crippen molar-refractivity contribution in [1.82, 2.24) is 0 Å². The van der Waals surface area contributed by atoms with Crippen LogP contribution in [0.1, 0.15) is 37.9 Å². The van der Waals surface area contributed by atoms with Crippen molar-refractivity contribution < 1.29 is 32.6 Å². The average Bonchev–Trinajstić information content (AvgIpc) is 2.35. The maximum atomic E-state index is 12.7. The van der Waals surface area contributed by atoms with Crippen LogP contribution in [0.3, 0.4) is 0 Å². The summed E-state index contributed by atoms with van der Waals surface area (Å²) >= 11 is 0. The summed E-state index contributed by atoms with van der Waals surface area (Å²) in [5, 5.41) is 9.20. The Labute approximate surface area is 131 Å². The van der Waals surface area contributed by atoms with Crippen LogP contribution in [0.25, 0.3) is 0 Å². The molecular weight excluding hydrogens is 315 g/mol. The van der Waals surface area contributed by atoms with Gasteiger partial charge in [0.2, 0.25) is 0 Å². The van der Waals surface area contributed by atoms with Crippen LogP contribution in [0.2, 0.25) is 0 Å². The fraction of sp³-hybridized carbons (Fsp3) is 0.467. The molecule has 128 valence electrons. The number of aliphatic carboxylic acids is 1. The Morgan fingerprint density at radius 3 is 2.22 bits per heavy atom. The van der Waals surface area contributed by atoms with Gasteiger partial charge in [-0.1, -0.05) is 12.1 Å². The first-order chi connectivity index (χ1) is 10.3. The number of carboxylic acid groups (broad SMARTS) is 1. The van der Waals surface area contributed by atoms with Crippen LogP contribution in [0.5, 0.6) is 0 Å². The second kappa shape index (κ2) is 6.57. The average molecular weight is 333 g/mol. The lowest BCUT2D eigenvalue weighted by molar-refractivity contribution is -0.167. The highest BCUT2D eigenvalue weighted by molar-refractivity contribution is 5.95. The van der Waals surface area contributed by atoms with Gasteiger partial charge in [-0.05, 0) is 38.5 Å². The van der Waals surface area contributed by atoms with E-state index in [1.165, 1.54) is 6.07 Å². The molecule has 1 aromatic carbocycles. The molecule has 1 unspecified atom stereocenters. The molecule has 1 aromatic rings. The molecule has 0 amide bonds. The topological polar surface area (TPSA) is 89.6 Å². The number of carbonyl (C=O) groups excluding carboxylic acids is 1. The van der Waals surface area contributed by atoms with Crippen molar-refractivity contribution in [3.05, 3.63) is 35.4 Å². The van der Waals surface area contributed by atoms with Gasteiger partial charge in [0.15, 0.2) is 5.92 Å². The molecular formula is C15H18F3NO4. The molecule has 0 aromatic heterocycles. The van der Waals surface area contributed by atoms with Crippen molar-refractivity contribution in [3.63, 3.8) is 0 Å². The lowest BCUT2D eigenvalue weighted by Crippen LogP contribution is -2.39. The standard InChI is InChI=1S/C15H18F3NO4/c1-14(2,3)23-13(22)10(12(20)21)11(19)8-5-4-6-9(7-8)15(16,17)18/h4-7,10-11H,19H2,1-3H3,(H,20,21)/t10-,11?/m1/s1. The fourth-order valence-corrected chi connectivity index (χ4v) is 1.88. The highest BCUT2D eigenvalue weighted by atomic mass is 19.4. The molecule has 0 saturated carbocycles. The Bertz CT molecular complexity index is 593. The second-order valence-corrected chi connectivity index (χ2v) is 6.00. The number of rotatable bonds is 4. The zero-order valence-corrected chi connectivity index (χ0v) is 12.8. The maximum Gasteiger partial charge on any atom is 0.416 e. The maximum absolute atomic E-state index is 12.7. The third-order valence-electron chi connectivity index (χ3n) is 2.88. The molecule has 0 radical (unpaired) electrons. The largest absolute Gasteiger partial charge is 0.481 e. The van der Waals surface area contributed by atoms with E-state index in [0.29, 0.717) is 0 Å². The van der Waals surface area contributed by atoms with E-state index in [2.05, 4.69) is 0 Å². The molecule has 0 heterocycles. The van der Waals surface area contributed by atoms with E-state index in [-0.39, 0.29) is 5.56 Å². The Kier molecular flexibility index (Phi) is 5.42. The number of carboxylic acids is 1. The van der Waals surface area contributed by atoms with Crippen molar-refractivity contribution >= 4 is 11.9 Å². The normalized spacial score (nSPS) is 14.9. The number of alkyl halides is 3. The summed E-state index contributed by atoms with van der Waals surface area (Å²) in [7, 11) is 0. The lowest BCUT2D eigenvalue weighted by Gasteiger charge is -2.25. The molecule has 5 nitrogen and oxygen atoms in total. The summed E-state index contributed by atoms with van der Waals surface area (Å²) in [5.74, 6) is -4.48. The van der Waals surface area contributed by atoms with Crippen molar-refractivity contribution in [2.24, 2.45) is 11.7 Å². The zero-order chi connectivity index (χ0) is 18.0. The van der Waals surface area contributed by atoms with Gasteiger partial charge in [-0.15, -0.1) is 0 Å². The van der Waals surface area contributed by atoms with Gasteiger partial charge in [-0.25, -0.2) is 0 Å². The smallest absolute Gasteiger partial charge is 0.416 e. The number of nitrogens with two attached hydrogens (primary N) is 1. The van der Waals surface area contributed by atoms with E-state index >= 15 is 0 Å². The van der Waals surface area contributed by atoms with Crippen LogP contribution in [0.15, 0.2) is 24.3 Å². The molecule has 0 aliphatic rings. The summed E-state index contributed by atoms with van der Waals surface area (Å²) in [4.78, 5) is 23.3. The van der Waals surface area contributed by atoms with Crippen molar-refractivity contribution in [1.29, 1.82) is 0 Å². The predicted octanol–water partition coefficient (Wildman–Crippen LogP) is 2.75. The van der Waals surface area contributed by atoms with Crippen LogP contribution in [0.4, 0.5) is 13.2 Å². The summed E-state index contributed by atoms with van der Waals surface area (Å²) in [6, 6.07) is 2.43. The van der Waals surface area contributed by atoms with E-state index in [1.807, 2.05) is 0 Å². The van der Waals surface area contributed by atoms with Gasteiger partial charge in [0.1, 0.15) is 5.60 Å². The van der Waals surface area contributed by atoms with Gasteiger partial charge in [0, 0.05) is 0 Å². The molecule has 3 N–H and O–H groups in total. The minimum Gasteiger partial charge on any atom is -0.481 e. The predicted molar refractivity (Wildman–Crippen MR) is 75.3 cm³/mol. The number of esters is 1. The highest BCUT2D eigenvalue weighted by Gasteiger charge is 2.38. The van der Waals surface area contributed by atoms with Gasteiger partial charge >= 0.3 is 18.1 Å². The van der Waals surface area contributed by atoms with E-state index in [9.17, 15) is 27.9 Å². The van der Waals surface area contributed by atoms with Crippen LogP contribution in [-0.2, 0) is 20.5 Å². The number of carbonyl (C=O) groups is 2. The third kappa shape index (κ3) is 5.24. The fourth-order valence-electron chi connectivity index (χ4n) is 1.88. The first-order valence-corrected chi connectivity index (χ1v) is 6.71. The van der Waals surface area contributed by atoms with Gasteiger partial charge in [0.25, 0.3) is 0 Å². The van der Waals surface area contributed by atoms with Gasteiger partial charge in [-0.2, -0.15) is 13.2 Å². The van der Waals surface area contributed by atoms with Crippen molar-refractivity contribution in [2.75, 3.05) is 0 Å². The number of benzene rings is 1. The first kappa shape index (κ1) is 19.0. The molecule has 8 heteroatoms. The van der Waals surface area contributed by atoms with Crippen molar-refractivity contribution in [3.8, 4) is 0 Å². The second-order valence-electron chi connectivity index (χ2n) is 6.00. The van der Waals surface area contributed by atoms with E-state index < -0.39 is 41.2 Å². The zero-order valence-electron chi connectivity index (χ0n) is 12.8. The summed E-state index contributed by atoms with van der Waals surface area (Å²) in [6.07, 6.45) is -4.60. The van der Waals surface area contributed by atoms with Gasteiger partial charge in [0.05, 0.1) is 11.6 Å². The van der Waals surface area contributed by atoms with Crippen molar-refractivity contribution in [2.45, 2.75) is 38.6 Å². The quantitative estimate of drug-likeness (QED) is 0.653. The lowest BCUT2D eigenvalue weighted by atomic mass is 9.92. The molecule has 0 aliphatic heterocycles. The molecule has 0 aliphatic carbocycles. The third-order valence-corrected chi connectivity index (χ3v) is 2.88. The molecule has 2 atom stereocenters. The Morgan fingerprint density at radius 2 is 1.78 bits per heavy atom. The number of halogens is 3. The molecule has 0 saturated heterocycles. The van der Waals surface area contributed by atoms with E-state index in [1.54, 1.807) is 20.8 Å². The minimum absolute atomic E-state index is 0.113. The first-order valence-electron chi connectivity index (χ1n) is 6.71. The Balaban J connectivity index is 3.15.